The number of unbranched alkanes of at least 4 members (excludes halogenated alkanes) is 1. The molecule has 0 spiro atoms. The van der Waals surface area contributed by atoms with Crippen LogP contribution in [-0.4, -0.2) is 6.79 Å². The van der Waals surface area contributed by atoms with Gasteiger partial charge in [0.25, 0.3) is 0 Å². The molecular formula is C11H13O2. The van der Waals surface area contributed by atoms with E-state index in [1.165, 1.54) is 12.0 Å². The molecule has 2 heteroatoms. The van der Waals surface area contributed by atoms with Gasteiger partial charge in [-0.25, -0.2) is 0 Å². The van der Waals surface area contributed by atoms with E-state index in [-0.39, 0.29) is 0 Å². The molecule has 13 heavy (non-hydrogen) atoms. The normalized spacial score (nSPS) is 13.3. The van der Waals surface area contributed by atoms with Crippen LogP contribution >= 0.6 is 0 Å². The minimum atomic E-state index is 0.354. The predicted molar refractivity (Wildman–Crippen MR) is 50.9 cm³/mol. The third kappa shape index (κ3) is 1.77. The Morgan fingerprint density at radius 3 is 3.00 bits per heavy atom. The Hall–Kier alpha value is -1.18. The highest BCUT2D eigenvalue weighted by atomic mass is 16.7. The maximum Gasteiger partial charge on any atom is 0.231 e. The van der Waals surface area contributed by atoms with Gasteiger partial charge in [-0.1, -0.05) is 19.4 Å². The molecule has 69 valence electrons. The summed E-state index contributed by atoms with van der Waals surface area (Å²) in [6.07, 6.45) is 4.50. The summed E-state index contributed by atoms with van der Waals surface area (Å²) in [7, 11) is 0. The molecule has 0 amide bonds. The van der Waals surface area contributed by atoms with E-state index in [9.17, 15) is 0 Å². The molecule has 1 heterocycles. The highest BCUT2D eigenvalue weighted by Gasteiger charge is 2.12. The zero-order chi connectivity index (χ0) is 9.10. The number of benzene rings is 1. The molecule has 0 aromatic heterocycles. The molecule has 1 aliphatic rings. The molecule has 2 nitrogen and oxygen atoms in total. The molecule has 0 saturated carbocycles. The summed E-state index contributed by atoms with van der Waals surface area (Å²) < 4.78 is 10.5. The quantitative estimate of drug-likeness (QED) is 0.706. The first-order valence-corrected chi connectivity index (χ1v) is 4.63. The average molecular weight is 177 g/mol. The molecule has 0 N–H and O–H groups in total. The van der Waals surface area contributed by atoms with Gasteiger partial charge < -0.3 is 9.47 Å². The van der Waals surface area contributed by atoms with Gasteiger partial charge in [0.2, 0.25) is 6.79 Å². The van der Waals surface area contributed by atoms with Crippen LogP contribution in [0, 0.1) is 6.42 Å². The van der Waals surface area contributed by atoms with Crippen LogP contribution in [0.2, 0.25) is 0 Å². The van der Waals surface area contributed by atoms with Gasteiger partial charge in [0.05, 0.1) is 0 Å². The van der Waals surface area contributed by atoms with Crippen molar-refractivity contribution < 1.29 is 9.47 Å². The maximum absolute atomic E-state index is 5.28. The lowest BCUT2D eigenvalue weighted by Crippen LogP contribution is -1.92. The molecule has 0 bridgehead atoms. The largest absolute Gasteiger partial charge is 0.454 e. The summed E-state index contributed by atoms with van der Waals surface area (Å²) in [5.41, 5.74) is 1.21. The number of hydrogen-bond donors (Lipinski definition) is 0. The van der Waals surface area contributed by atoms with Gasteiger partial charge in [0.15, 0.2) is 11.5 Å². The molecular weight excluding hydrogens is 164 g/mol. The zero-order valence-corrected chi connectivity index (χ0v) is 7.75. The van der Waals surface area contributed by atoms with E-state index in [1.807, 2.05) is 12.1 Å². The van der Waals surface area contributed by atoms with Gasteiger partial charge in [-0.2, -0.15) is 0 Å². The van der Waals surface area contributed by atoms with E-state index in [0.29, 0.717) is 6.79 Å². The van der Waals surface area contributed by atoms with E-state index in [4.69, 9.17) is 9.47 Å². The van der Waals surface area contributed by atoms with Gasteiger partial charge in [0.1, 0.15) is 0 Å². The maximum atomic E-state index is 5.28. The molecule has 0 aliphatic carbocycles. The molecule has 1 aliphatic heterocycles. The van der Waals surface area contributed by atoms with E-state index in [0.717, 1.165) is 17.9 Å². The van der Waals surface area contributed by atoms with Gasteiger partial charge >= 0.3 is 0 Å². The monoisotopic (exact) mass is 177 g/mol. The summed E-state index contributed by atoms with van der Waals surface area (Å²) in [6, 6.07) is 6.05. The van der Waals surface area contributed by atoms with Crippen LogP contribution in [0.15, 0.2) is 18.2 Å². The molecule has 0 saturated heterocycles. The summed E-state index contributed by atoms with van der Waals surface area (Å²) in [4.78, 5) is 0. The van der Waals surface area contributed by atoms with E-state index in [1.54, 1.807) is 0 Å². The molecule has 1 radical (unpaired) electrons. The SMILES string of the molecule is CCC[CH]c1ccc2c(c1)OCO2. The van der Waals surface area contributed by atoms with E-state index < -0.39 is 0 Å². The second-order valence-electron chi connectivity index (χ2n) is 3.11. The summed E-state index contributed by atoms with van der Waals surface area (Å²) in [6.45, 7) is 2.52. The van der Waals surface area contributed by atoms with Gasteiger partial charge in [0, 0.05) is 0 Å². The number of hydrogen-bond acceptors (Lipinski definition) is 2. The van der Waals surface area contributed by atoms with Crippen LogP contribution in [0.3, 0.4) is 0 Å². The summed E-state index contributed by atoms with van der Waals surface area (Å²) >= 11 is 0. The summed E-state index contributed by atoms with van der Waals surface area (Å²) in [5, 5.41) is 0. The Balaban J connectivity index is 2.12. The first-order valence-electron chi connectivity index (χ1n) is 4.63. The smallest absolute Gasteiger partial charge is 0.231 e. The Morgan fingerprint density at radius 1 is 1.31 bits per heavy atom. The van der Waals surface area contributed by atoms with Crippen molar-refractivity contribution in [2.45, 2.75) is 19.8 Å². The number of ether oxygens (including phenoxy) is 2. The number of fused-ring (bicyclic) bond motifs is 1. The molecule has 0 fully saturated rings. The third-order valence-electron chi connectivity index (χ3n) is 2.07. The van der Waals surface area contributed by atoms with E-state index >= 15 is 0 Å². The highest BCUT2D eigenvalue weighted by Crippen LogP contribution is 2.33. The average Bonchev–Trinajstić information content (AvgIpc) is 2.61. The Labute approximate surface area is 78.5 Å². The van der Waals surface area contributed by atoms with Crippen LogP contribution in [-0.2, 0) is 0 Å². The van der Waals surface area contributed by atoms with Crippen LogP contribution in [0.1, 0.15) is 25.3 Å². The van der Waals surface area contributed by atoms with Gasteiger partial charge in [-0.05, 0) is 30.5 Å². The molecule has 0 unspecified atom stereocenters. The molecule has 2 rings (SSSR count). The van der Waals surface area contributed by atoms with Crippen LogP contribution in [0.5, 0.6) is 11.5 Å². The molecule has 0 atom stereocenters. The van der Waals surface area contributed by atoms with Crippen molar-refractivity contribution in [3.05, 3.63) is 30.2 Å². The van der Waals surface area contributed by atoms with Crippen LogP contribution < -0.4 is 9.47 Å². The van der Waals surface area contributed by atoms with Crippen molar-refractivity contribution in [3.8, 4) is 11.5 Å². The Kier molecular flexibility index (Phi) is 2.39. The fourth-order valence-electron chi connectivity index (χ4n) is 1.35. The second kappa shape index (κ2) is 3.69. The van der Waals surface area contributed by atoms with Crippen molar-refractivity contribution in [2.75, 3.05) is 6.79 Å². The zero-order valence-electron chi connectivity index (χ0n) is 7.75. The van der Waals surface area contributed by atoms with Gasteiger partial charge in [-0.15, -0.1) is 0 Å². The lowest BCUT2D eigenvalue weighted by Gasteiger charge is -2.00. The Morgan fingerprint density at radius 2 is 2.15 bits per heavy atom. The fourth-order valence-corrected chi connectivity index (χ4v) is 1.35. The van der Waals surface area contributed by atoms with Crippen LogP contribution in [0.4, 0.5) is 0 Å². The third-order valence-corrected chi connectivity index (χ3v) is 2.07. The topological polar surface area (TPSA) is 18.5 Å². The van der Waals surface area contributed by atoms with Crippen molar-refractivity contribution in [1.82, 2.24) is 0 Å². The van der Waals surface area contributed by atoms with Crippen molar-refractivity contribution in [1.29, 1.82) is 0 Å². The standard InChI is InChI=1S/C11H13O2/c1-2-3-4-9-5-6-10-11(7-9)13-8-12-10/h4-7H,2-3,8H2,1H3. The highest BCUT2D eigenvalue weighted by molar-refractivity contribution is 5.46. The van der Waals surface area contributed by atoms with Crippen molar-refractivity contribution in [2.24, 2.45) is 0 Å². The van der Waals surface area contributed by atoms with Gasteiger partial charge in [-0.3, -0.25) is 0 Å². The number of rotatable bonds is 3. The van der Waals surface area contributed by atoms with Crippen molar-refractivity contribution in [3.63, 3.8) is 0 Å². The second-order valence-corrected chi connectivity index (χ2v) is 3.11. The fraction of sp³-hybridized carbons (Fsp3) is 0.364. The Bertz CT molecular complexity index is 294. The minimum Gasteiger partial charge on any atom is -0.454 e. The van der Waals surface area contributed by atoms with Crippen LogP contribution in [0.25, 0.3) is 0 Å². The minimum absolute atomic E-state index is 0.354. The van der Waals surface area contributed by atoms with Crippen molar-refractivity contribution >= 4 is 0 Å². The first kappa shape index (κ1) is 8.42. The predicted octanol–water partition coefficient (Wildman–Crippen LogP) is 2.77. The first-order chi connectivity index (χ1) is 6.40. The van der Waals surface area contributed by atoms with E-state index in [2.05, 4.69) is 19.4 Å². The summed E-state index contributed by atoms with van der Waals surface area (Å²) in [5.74, 6) is 1.72. The molecule has 1 aromatic rings. The molecule has 1 aromatic carbocycles. The lowest BCUT2D eigenvalue weighted by molar-refractivity contribution is 0.174. The lowest BCUT2D eigenvalue weighted by atomic mass is 10.1.